The van der Waals surface area contributed by atoms with Crippen LogP contribution in [0.5, 0.6) is 5.75 Å². The lowest BCUT2D eigenvalue weighted by molar-refractivity contribution is 0.412. The zero-order chi connectivity index (χ0) is 24.0. The number of para-hydroxylation sites is 2. The molecule has 3 rings (SSSR count). The molecule has 1 aromatic heterocycles. The van der Waals surface area contributed by atoms with Gasteiger partial charge in [-0.05, 0) is 30.2 Å². The van der Waals surface area contributed by atoms with Crippen LogP contribution >= 0.6 is 11.8 Å². The van der Waals surface area contributed by atoms with Crippen LogP contribution in [-0.4, -0.2) is 11.7 Å². The van der Waals surface area contributed by atoms with E-state index in [0.717, 1.165) is 5.56 Å². The summed E-state index contributed by atoms with van der Waals surface area (Å²) in [6, 6.07) is 22.1. The molecule has 1 heterocycles. The number of nitrogen functional groups attached to an aromatic ring is 1. The number of pyridine rings is 1. The number of allylic oxidation sites excluding steroid dienone is 1. The average molecular weight is 454 g/mol. The Bertz CT molecular complexity index is 1400. The number of rotatable bonds is 6. The molecule has 33 heavy (non-hydrogen) atoms. The topological polar surface area (TPSA) is 129 Å². The maximum atomic E-state index is 13.8. The summed E-state index contributed by atoms with van der Waals surface area (Å²) in [4.78, 5) is 14.0. The fourth-order valence-corrected chi connectivity index (χ4v) is 4.52. The Labute approximate surface area is 195 Å². The third-order valence-electron chi connectivity index (χ3n) is 5.01. The van der Waals surface area contributed by atoms with E-state index in [2.05, 4.69) is 6.07 Å². The van der Waals surface area contributed by atoms with Crippen molar-refractivity contribution in [2.45, 2.75) is 12.7 Å². The van der Waals surface area contributed by atoms with Gasteiger partial charge in [-0.25, -0.2) is 0 Å². The monoisotopic (exact) mass is 453 g/mol. The van der Waals surface area contributed by atoms with Crippen molar-refractivity contribution in [1.82, 2.24) is 4.57 Å². The number of hydrogen-bond donors (Lipinski definition) is 1. The van der Waals surface area contributed by atoms with Crippen LogP contribution in [0.2, 0.25) is 0 Å². The van der Waals surface area contributed by atoms with E-state index < -0.39 is 5.56 Å². The van der Waals surface area contributed by atoms with Crippen LogP contribution in [0.4, 0.5) is 5.82 Å². The average Bonchev–Trinajstić information content (AvgIpc) is 2.84. The van der Waals surface area contributed by atoms with Crippen molar-refractivity contribution in [3.63, 3.8) is 0 Å². The third kappa shape index (κ3) is 4.45. The van der Waals surface area contributed by atoms with Gasteiger partial charge in [0, 0.05) is 10.7 Å². The molecular weight excluding hydrogens is 434 g/mol. The van der Waals surface area contributed by atoms with E-state index in [-0.39, 0.29) is 27.4 Å². The molecule has 0 saturated carbocycles. The molecule has 0 unspecified atom stereocenters. The zero-order valence-electron chi connectivity index (χ0n) is 18.0. The van der Waals surface area contributed by atoms with E-state index >= 15 is 0 Å². The SMILES string of the molecule is COc1ccccc1-n1c(N)c(C#N)c(C)c(C(SCc2ccccc2)=C(C#N)C#N)c1=O. The minimum Gasteiger partial charge on any atom is -0.495 e. The van der Waals surface area contributed by atoms with Gasteiger partial charge < -0.3 is 10.5 Å². The summed E-state index contributed by atoms with van der Waals surface area (Å²) < 4.78 is 6.58. The summed E-state index contributed by atoms with van der Waals surface area (Å²) in [5.41, 5.74) is 7.29. The van der Waals surface area contributed by atoms with Crippen molar-refractivity contribution in [3.8, 4) is 29.6 Å². The quantitative estimate of drug-likeness (QED) is 0.551. The highest BCUT2D eigenvalue weighted by Gasteiger charge is 2.25. The summed E-state index contributed by atoms with van der Waals surface area (Å²) in [7, 11) is 1.46. The number of thioether (sulfide) groups is 1. The molecule has 0 saturated heterocycles. The smallest absolute Gasteiger partial charge is 0.265 e. The second kappa shape index (κ2) is 10.2. The van der Waals surface area contributed by atoms with Gasteiger partial charge in [0.25, 0.3) is 5.56 Å². The van der Waals surface area contributed by atoms with Crippen molar-refractivity contribution in [1.29, 1.82) is 15.8 Å². The van der Waals surface area contributed by atoms with Crippen molar-refractivity contribution >= 4 is 22.5 Å². The minimum atomic E-state index is -0.549. The van der Waals surface area contributed by atoms with Crippen molar-refractivity contribution in [2.75, 3.05) is 12.8 Å². The molecule has 2 N–H and O–H groups in total. The van der Waals surface area contributed by atoms with Crippen LogP contribution in [-0.2, 0) is 5.75 Å². The summed E-state index contributed by atoms with van der Waals surface area (Å²) in [6.07, 6.45) is 0. The Hall–Kier alpha value is -4.45. The number of aromatic nitrogens is 1. The molecule has 0 spiro atoms. The van der Waals surface area contributed by atoms with Crippen molar-refractivity contribution in [2.24, 2.45) is 0 Å². The maximum Gasteiger partial charge on any atom is 0.265 e. The lowest BCUT2D eigenvalue weighted by Gasteiger charge is -2.19. The van der Waals surface area contributed by atoms with Gasteiger partial charge in [-0.3, -0.25) is 9.36 Å². The van der Waals surface area contributed by atoms with Gasteiger partial charge >= 0.3 is 0 Å². The van der Waals surface area contributed by atoms with E-state index in [9.17, 15) is 20.6 Å². The van der Waals surface area contributed by atoms with Crippen LogP contribution in [0.15, 0.2) is 65.0 Å². The molecule has 0 aliphatic carbocycles. The van der Waals surface area contributed by atoms with Gasteiger partial charge in [0.2, 0.25) is 0 Å². The molecule has 0 atom stereocenters. The summed E-state index contributed by atoms with van der Waals surface area (Å²) in [6.45, 7) is 1.59. The second-order valence-electron chi connectivity index (χ2n) is 6.89. The highest BCUT2D eigenvalue weighted by molar-refractivity contribution is 8.07. The minimum absolute atomic E-state index is 0.0453. The van der Waals surface area contributed by atoms with Crippen molar-refractivity contribution < 1.29 is 4.74 Å². The first-order valence-electron chi connectivity index (χ1n) is 9.78. The number of nitrogens with two attached hydrogens (primary N) is 1. The summed E-state index contributed by atoms with van der Waals surface area (Å²) in [5.74, 6) is 0.757. The molecule has 0 bridgehead atoms. The predicted octanol–water partition coefficient (Wildman–Crippen LogP) is 4.30. The first-order chi connectivity index (χ1) is 16.0. The number of nitriles is 3. The number of methoxy groups -OCH3 is 1. The summed E-state index contributed by atoms with van der Waals surface area (Å²) >= 11 is 1.19. The van der Waals surface area contributed by atoms with Crippen LogP contribution in [0.1, 0.15) is 22.3 Å². The van der Waals surface area contributed by atoms with Crippen LogP contribution in [0.25, 0.3) is 10.6 Å². The van der Waals surface area contributed by atoms with Crippen LogP contribution < -0.4 is 16.0 Å². The molecule has 2 aromatic carbocycles. The third-order valence-corrected chi connectivity index (χ3v) is 6.18. The van der Waals surface area contributed by atoms with Gasteiger partial charge in [0.1, 0.15) is 35.3 Å². The Kier molecular flexibility index (Phi) is 7.20. The first kappa shape index (κ1) is 23.2. The number of hydrogen-bond acceptors (Lipinski definition) is 7. The Morgan fingerprint density at radius 2 is 1.70 bits per heavy atom. The number of benzene rings is 2. The van der Waals surface area contributed by atoms with E-state index in [4.69, 9.17) is 10.5 Å². The van der Waals surface area contributed by atoms with Gasteiger partial charge in [-0.2, -0.15) is 15.8 Å². The molecule has 0 aliphatic heterocycles. The Morgan fingerprint density at radius 1 is 1.06 bits per heavy atom. The Morgan fingerprint density at radius 3 is 2.30 bits per heavy atom. The normalized spacial score (nSPS) is 9.91. The molecule has 0 radical (unpaired) electrons. The zero-order valence-corrected chi connectivity index (χ0v) is 18.8. The van der Waals surface area contributed by atoms with Gasteiger partial charge in [0.05, 0.1) is 23.9 Å². The lowest BCUT2D eigenvalue weighted by atomic mass is 10.0. The number of nitrogens with zero attached hydrogens (tertiary/aromatic N) is 4. The molecular formula is C25H19N5O2S. The largest absolute Gasteiger partial charge is 0.495 e. The molecule has 3 aromatic rings. The molecule has 162 valence electrons. The van der Waals surface area contributed by atoms with Crippen molar-refractivity contribution in [3.05, 3.63) is 92.8 Å². The molecule has 0 amide bonds. The van der Waals surface area contributed by atoms with Gasteiger partial charge in [0.15, 0.2) is 0 Å². The second-order valence-corrected chi connectivity index (χ2v) is 7.87. The van der Waals surface area contributed by atoms with E-state index in [1.165, 1.54) is 23.4 Å². The standard InChI is InChI=1S/C25H19N5O2S/c1-16-19(14-28)24(29)30(20-10-6-7-11-21(20)32-2)25(31)22(16)23(18(12-26)13-27)33-15-17-8-4-3-5-9-17/h3-11H,15,29H2,1-2H3. The summed E-state index contributed by atoms with van der Waals surface area (Å²) in [5, 5.41) is 29.1. The van der Waals surface area contributed by atoms with E-state index in [1.54, 1.807) is 31.2 Å². The number of ether oxygens (including phenoxy) is 1. The van der Waals surface area contributed by atoms with Gasteiger partial charge in [-0.15, -0.1) is 11.8 Å². The van der Waals surface area contributed by atoms with Crippen LogP contribution in [0, 0.1) is 40.9 Å². The molecule has 0 aliphatic rings. The van der Waals surface area contributed by atoms with E-state index in [0.29, 0.717) is 22.8 Å². The molecule has 0 fully saturated rings. The predicted molar refractivity (Wildman–Crippen MR) is 128 cm³/mol. The van der Waals surface area contributed by atoms with Crippen LogP contribution in [0.3, 0.4) is 0 Å². The lowest BCUT2D eigenvalue weighted by Crippen LogP contribution is -2.27. The fourth-order valence-electron chi connectivity index (χ4n) is 3.40. The van der Waals surface area contributed by atoms with Gasteiger partial charge in [-0.1, -0.05) is 42.5 Å². The fraction of sp³-hybridized carbons (Fsp3) is 0.120. The first-order valence-corrected chi connectivity index (χ1v) is 10.8. The maximum absolute atomic E-state index is 13.8. The Balaban J connectivity index is 2.35. The molecule has 8 heteroatoms. The number of anilines is 1. The highest BCUT2D eigenvalue weighted by Crippen LogP contribution is 2.36. The molecule has 7 nitrogen and oxygen atoms in total. The van der Waals surface area contributed by atoms with E-state index in [1.807, 2.05) is 42.5 Å². The highest BCUT2D eigenvalue weighted by atomic mass is 32.2.